The zero-order valence-electron chi connectivity index (χ0n) is 11.3. The van der Waals surface area contributed by atoms with Gasteiger partial charge >= 0.3 is 0 Å². The van der Waals surface area contributed by atoms with Gasteiger partial charge < -0.3 is 9.47 Å². The molecule has 0 N–H and O–H groups in total. The number of ether oxygens (including phenoxy) is 2. The molecule has 0 saturated heterocycles. The number of hydrogen-bond donors (Lipinski definition) is 2. The smallest absolute Gasteiger partial charge is 0.0544 e. The highest BCUT2D eigenvalue weighted by Gasteiger charge is 2.26. The Labute approximate surface area is 118 Å². The largest absolute Gasteiger partial charge is 0.381 e. The minimum Gasteiger partial charge on any atom is -0.381 e. The quantitative estimate of drug-likeness (QED) is 0.421. The van der Waals surface area contributed by atoms with Crippen LogP contribution in [0.15, 0.2) is 0 Å². The van der Waals surface area contributed by atoms with Crippen LogP contribution in [0.25, 0.3) is 0 Å². The Morgan fingerprint density at radius 3 is 1.53 bits per heavy atom. The van der Waals surface area contributed by atoms with Crippen LogP contribution in [0.4, 0.5) is 0 Å². The number of rotatable bonds is 12. The summed E-state index contributed by atoms with van der Waals surface area (Å²) in [5.74, 6) is 1.79. The molecular weight excluding hydrogens is 252 g/mol. The molecule has 0 aromatic carbocycles. The fourth-order valence-corrected chi connectivity index (χ4v) is 1.87. The molecule has 0 aromatic rings. The summed E-state index contributed by atoms with van der Waals surface area (Å²) in [4.78, 5) is 0. The molecule has 4 heteroatoms. The first-order valence-corrected chi connectivity index (χ1v) is 7.88. The van der Waals surface area contributed by atoms with E-state index >= 15 is 0 Å². The average Bonchev–Trinajstić information content (AvgIpc) is 2.37. The van der Waals surface area contributed by atoms with Crippen molar-refractivity contribution < 1.29 is 9.47 Å². The standard InChI is InChI=1S/C13H28O2S2/c1-3-13(4-2,11-14-7-5-9-16)12-15-8-6-10-17/h16-17H,3-12H2,1-2H3. The van der Waals surface area contributed by atoms with Gasteiger partial charge in [-0.1, -0.05) is 13.8 Å². The van der Waals surface area contributed by atoms with Gasteiger partial charge in [0.2, 0.25) is 0 Å². The number of hydrogen-bond acceptors (Lipinski definition) is 4. The molecular formula is C13H28O2S2. The molecule has 0 bridgehead atoms. The third-order valence-electron chi connectivity index (χ3n) is 3.21. The minimum atomic E-state index is 0.188. The van der Waals surface area contributed by atoms with Crippen LogP contribution in [0.1, 0.15) is 39.5 Å². The van der Waals surface area contributed by atoms with Crippen LogP contribution in [-0.2, 0) is 9.47 Å². The molecule has 0 amide bonds. The van der Waals surface area contributed by atoms with E-state index in [1.165, 1.54) is 0 Å². The summed E-state index contributed by atoms with van der Waals surface area (Å²) >= 11 is 8.36. The topological polar surface area (TPSA) is 18.5 Å². The highest BCUT2D eigenvalue weighted by molar-refractivity contribution is 7.80. The molecule has 0 radical (unpaired) electrons. The Kier molecular flexibility index (Phi) is 12.1. The summed E-state index contributed by atoms with van der Waals surface area (Å²) in [6.45, 7) is 7.65. The predicted octanol–water partition coefficient (Wildman–Crippen LogP) is 3.47. The van der Waals surface area contributed by atoms with E-state index in [9.17, 15) is 0 Å². The molecule has 104 valence electrons. The molecule has 0 unspecified atom stereocenters. The van der Waals surface area contributed by atoms with E-state index in [0.29, 0.717) is 0 Å². The summed E-state index contributed by atoms with van der Waals surface area (Å²) < 4.78 is 11.5. The molecule has 0 aromatic heterocycles. The van der Waals surface area contributed by atoms with E-state index in [2.05, 4.69) is 39.1 Å². The van der Waals surface area contributed by atoms with Crippen LogP contribution in [0.3, 0.4) is 0 Å². The molecule has 0 aliphatic carbocycles. The summed E-state index contributed by atoms with van der Waals surface area (Å²) in [5.41, 5.74) is 0.188. The zero-order chi connectivity index (χ0) is 13.0. The fraction of sp³-hybridized carbons (Fsp3) is 1.00. The Morgan fingerprint density at radius 2 is 1.24 bits per heavy atom. The van der Waals surface area contributed by atoms with E-state index < -0.39 is 0 Å². The van der Waals surface area contributed by atoms with Gasteiger partial charge in [-0.3, -0.25) is 0 Å². The lowest BCUT2D eigenvalue weighted by molar-refractivity contribution is -0.0267. The van der Waals surface area contributed by atoms with Gasteiger partial charge in [-0.05, 0) is 37.2 Å². The normalized spacial score (nSPS) is 12.0. The molecule has 2 nitrogen and oxygen atoms in total. The molecule has 0 aliphatic rings. The van der Waals surface area contributed by atoms with E-state index in [-0.39, 0.29) is 5.41 Å². The van der Waals surface area contributed by atoms with Crippen molar-refractivity contribution in [1.29, 1.82) is 0 Å². The Balaban J connectivity index is 3.88. The first-order chi connectivity index (χ1) is 8.24. The van der Waals surface area contributed by atoms with E-state index in [0.717, 1.165) is 63.6 Å². The zero-order valence-corrected chi connectivity index (χ0v) is 13.1. The van der Waals surface area contributed by atoms with Crippen molar-refractivity contribution >= 4 is 25.3 Å². The van der Waals surface area contributed by atoms with E-state index in [1.54, 1.807) is 0 Å². The van der Waals surface area contributed by atoms with Crippen LogP contribution in [0, 0.1) is 5.41 Å². The molecule has 0 aliphatic heterocycles. The van der Waals surface area contributed by atoms with E-state index in [4.69, 9.17) is 9.47 Å². The Bertz CT molecular complexity index is 147. The molecule has 0 rings (SSSR count). The lowest BCUT2D eigenvalue weighted by Gasteiger charge is -2.31. The minimum absolute atomic E-state index is 0.188. The summed E-state index contributed by atoms with van der Waals surface area (Å²) in [6, 6.07) is 0. The molecule has 0 atom stereocenters. The second kappa shape index (κ2) is 11.7. The van der Waals surface area contributed by atoms with Gasteiger partial charge in [-0.2, -0.15) is 25.3 Å². The number of thiol groups is 2. The first-order valence-electron chi connectivity index (χ1n) is 6.62. The van der Waals surface area contributed by atoms with Gasteiger partial charge in [0.25, 0.3) is 0 Å². The highest BCUT2D eigenvalue weighted by atomic mass is 32.1. The summed E-state index contributed by atoms with van der Waals surface area (Å²) in [7, 11) is 0. The highest BCUT2D eigenvalue weighted by Crippen LogP contribution is 2.27. The van der Waals surface area contributed by atoms with Gasteiger partial charge in [-0.25, -0.2) is 0 Å². The van der Waals surface area contributed by atoms with Gasteiger partial charge in [0.15, 0.2) is 0 Å². The summed E-state index contributed by atoms with van der Waals surface area (Å²) in [6.07, 6.45) is 4.25. The van der Waals surface area contributed by atoms with Crippen molar-refractivity contribution in [1.82, 2.24) is 0 Å². The maximum Gasteiger partial charge on any atom is 0.0544 e. The van der Waals surface area contributed by atoms with Gasteiger partial charge in [0.1, 0.15) is 0 Å². The summed E-state index contributed by atoms with van der Waals surface area (Å²) in [5, 5.41) is 0. The average molecular weight is 280 g/mol. The predicted molar refractivity (Wildman–Crippen MR) is 81.6 cm³/mol. The monoisotopic (exact) mass is 280 g/mol. The van der Waals surface area contributed by atoms with Crippen LogP contribution < -0.4 is 0 Å². The van der Waals surface area contributed by atoms with Crippen molar-refractivity contribution in [3.63, 3.8) is 0 Å². The molecule has 0 fully saturated rings. The molecule has 0 spiro atoms. The molecule has 17 heavy (non-hydrogen) atoms. The maximum atomic E-state index is 5.73. The van der Waals surface area contributed by atoms with Gasteiger partial charge in [0, 0.05) is 18.6 Å². The van der Waals surface area contributed by atoms with E-state index in [1.807, 2.05) is 0 Å². The van der Waals surface area contributed by atoms with Crippen LogP contribution in [-0.4, -0.2) is 37.9 Å². The lowest BCUT2D eigenvalue weighted by Crippen LogP contribution is -2.31. The lowest BCUT2D eigenvalue weighted by atomic mass is 9.84. The fourth-order valence-electron chi connectivity index (χ4n) is 1.61. The van der Waals surface area contributed by atoms with Crippen molar-refractivity contribution in [2.24, 2.45) is 5.41 Å². The SMILES string of the molecule is CCC(CC)(COCCCS)COCCCS. The third-order valence-corrected chi connectivity index (χ3v) is 3.84. The first kappa shape index (κ1) is 17.6. The molecule has 0 heterocycles. The van der Waals surface area contributed by atoms with Gasteiger partial charge in [0.05, 0.1) is 13.2 Å². The Hall–Kier alpha value is 0.620. The van der Waals surface area contributed by atoms with Crippen molar-refractivity contribution in [3.05, 3.63) is 0 Å². The maximum absolute atomic E-state index is 5.73. The Morgan fingerprint density at radius 1 is 0.824 bits per heavy atom. The molecule has 0 saturated carbocycles. The third kappa shape index (κ3) is 8.36. The van der Waals surface area contributed by atoms with Crippen LogP contribution >= 0.6 is 25.3 Å². The second-order valence-corrected chi connectivity index (χ2v) is 5.36. The van der Waals surface area contributed by atoms with Gasteiger partial charge in [-0.15, -0.1) is 0 Å². The second-order valence-electron chi connectivity index (χ2n) is 4.47. The van der Waals surface area contributed by atoms with Crippen LogP contribution in [0.5, 0.6) is 0 Å². The van der Waals surface area contributed by atoms with Crippen molar-refractivity contribution in [2.75, 3.05) is 37.9 Å². The van der Waals surface area contributed by atoms with Crippen molar-refractivity contribution in [3.8, 4) is 0 Å². The van der Waals surface area contributed by atoms with Crippen molar-refractivity contribution in [2.45, 2.75) is 39.5 Å². The van der Waals surface area contributed by atoms with Crippen LogP contribution in [0.2, 0.25) is 0 Å².